The number of hydrogen-bond donors (Lipinski definition) is 2. The van der Waals surface area contributed by atoms with Crippen LogP contribution in [0.25, 0.3) is 0 Å². The largest absolute Gasteiger partial charge is 0.497 e. The first-order valence-corrected chi connectivity index (χ1v) is 10.6. The van der Waals surface area contributed by atoms with E-state index in [1.165, 1.54) is 30.4 Å². The first-order valence-electron chi connectivity index (χ1n) is 10.6. The summed E-state index contributed by atoms with van der Waals surface area (Å²) >= 11 is 0. The number of methoxy groups -OCH3 is 1. The molecule has 2 fully saturated rings. The molecule has 2 saturated heterocycles. The maximum absolute atomic E-state index is 12.5. The highest BCUT2D eigenvalue weighted by Gasteiger charge is 2.38. The fraction of sp³-hybridized carbons (Fsp3) is 0.458. The van der Waals surface area contributed by atoms with Crippen molar-refractivity contribution < 1.29 is 9.53 Å². The van der Waals surface area contributed by atoms with E-state index < -0.39 is 0 Å². The average Bonchev–Trinajstić information content (AvgIpc) is 2.71. The quantitative estimate of drug-likeness (QED) is 0.773. The number of ether oxygens (including phenoxy) is 1. The normalized spacial score (nSPS) is 24.0. The molecule has 2 aliphatic heterocycles. The van der Waals surface area contributed by atoms with Gasteiger partial charge in [0.15, 0.2) is 0 Å². The lowest BCUT2D eigenvalue weighted by Crippen LogP contribution is -2.56. The van der Waals surface area contributed by atoms with Gasteiger partial charge in [0.25, 0.3) is 0 Å². The molecule has 154 valence electrons. The number of piperidine rings is 2. The van der Waals surface area contributed by atoms with Gasteiger partial charge in [0, 0.05) is 30.4 Å². The average molecular weight is 394 g/mol. The summed E-state index contributed by atoms with van der Waals surface area (Å²) in [6.45, 7) is 3.15. The lowest BCUT2D eigenvalue weighted by molar-refractivity contribution is 0.0200. The van der Waals surface area contributed by atoms with Gasteiger partial charge >= 0.3 is 6.03 Å². The number of fused-ring (bicyclic) bond motifs is 2. The van der Waals surface area contributed by atoms with Gasteiger partial charge in [-0.1, -0.05) is 36.2 Å². The van der Waals surface area contributed by atoms with Crippen molar-refractivity contribution in [2.24, 2.45) is 0 Å². The molecule has 5 heteroatoms. The Bertz CT molecular complexity index is 805. The number of carbonyl (C=O) groups is 1. The third-order valence-corrected chi connectivity index (χ3v) is 6.29. The molecule has 2 aliphatic rings. The molecular formula is C24H31N3O2. The first-order chi connectivity index (χ1) is 14.1. The van der Waals surface area contributed by atoms with Crippen molar-refractivity contribution in [2.45, 2.75) is 63.7 Å². The molecule has 1 unspecified atom stereocenters. The van der Waals surface area contributed by atoms with Crippen LogP contribution in [-0.4, -0.2) is 36.2 Å². The molecule has 2 bridgehead atoms. The number of nitrogens with zero attached hydrogens (tertiary/aromatic N) is 1. The minimum Gasteiger partial charge on any atom is -0.497 e. The van der Waals surface area contributed by atoms with Gasteiger partial charge in [-0.2, -0.15) is 0 Å². The summed E-state index contributed by atoms with van der Waals surface area (Å²) in [6, 6.07) is 17.5. The maximum atomic E-state index is 12.5. The number of amides is 2. The van der Waals surface area contributed by atoms with Crippen LogP contribution in [0.4, 0.5) is 10.5 Å². The monoisotopic (exact) mass is 393 g/mol. The zero-order valence-corrected chi connectivity index (χ0v) is 17.4. The van der Waals surface area contributed by atoms with Crippen molar-refractivity contribution in [3.05, 3.63) is 59.7 Å². The number of benzene rings is 2. The van der Waals surface area contributed by atoms with E-state index in [-0.39, 0.29) is 12.1 Å². The predicted octanol–water partition coefficient (Wildman–Crippen LogP) is 4.71. The lowest BCUT2D eigenvalue weighted by atomic mass is 9.81. The Kier molecular flexibility index (Phi) is 6.05. The van der Waals surface area contributed by atoms with E-state index in [1.807, 2.05) is 24.3 Å². The summed E-state index contributed by atoms with van der Waals surface area (Å²) in [4.78, 5) is 15.2. The van der Waals surface area contributed by atoms with Crippen molar-refractivity contribution in [1.29, 1.82) is 0 Å². The fourth-order valence-electron chi connectivity index (χ4n) is 4.79. The molecule has 2 amide bonds. The molecular weight excluding hydrogens is 362 g/mol. The van der Waals surface area contributed by atoms with Crippen molar-refractivity contribution >= 4 is 11.7 Å². The summed E-state index contributed by atoms with van der Waals surface area (Å²) in [5, 5.41) is 6.15. The van der Waals surface area contributed by atoms with Crippen LogP contribution in [0.15, 0.2) is 48.5 Å². The van der Waals surface area contributed by atoms with E-state index in [9.17, 15) is 4.79 Å². The number of anilines is 1. The van der Waals surface area contributed by atoms with E-state index >= 15 is 0 Å². The van der Waals surface area contributed by atoms with E-state index in [0.717, 1.165) is 30.8 Å². The van der Waals surface area contributed by atoms with Crippen LogP contribution in [0.3, 0.4) is 0 Å². The van der Waals surface area contributed by atoms with Crippen LogP contribution in [0.2, 0.25) is 0 Å². The van der Waals surface area contributed by atoms with Crippen LogP contribution >= 0.6 is 0 Å². The Labute approximate surface area is 173 Å². The van der Waals surface area contributed by atoms with E-state index in [1.54, 1.807) is 7.11 Å². The highest BCUT2D eigenvalue weighted by atomic mass is 16.5. The molecule has 0 aliphatic carbocycles. The summed E-state index contributed by atoms with van der Waals surface area (Å²) in [7, 11) is 1.64. The van der Waals surface area contributed by atoms with Crippen molar-refractivity contribution in [2.75, 3.05) is 12.4 Å². The minimum atomic E-state index is -0.120. The van der Waals surface area contributed by atoms with Gasteiger partial charge in [0.2, 0.25) is 0 Å². The Morgan fingerprint density at radius 2 is 1.69 bits per heavy atom. The number of nitrogens with one attached hydrogen (secondary N) is 2. The Hall–Kier alpha value is -2.53. The van der Waals surface area contributed by atoms with Crippen molar-refractivity contribution in [3.8, 4) is 5.75 Å². The Morgan fingerprint density at radius 3 is 2.31 bits per heavy atom. The molecule has 4 rings (SSSR count). The van der Waals surface area contributed by atoms with E-state index in [0.29, 0.717) is 12.1 Å². The van der Waals surface area contributed by atoms with E-state index in [4.69, 9.17) is 4.74 Å². The number of hydrogen-bond acceptors (Lipinski definition) is 3. The van der Waals surface area contributed by atoms with Gasteiger partial charge in [-0.05, 0) is 62.4 Å². The van der Waals surface area contributed by atoms with E-state index in [2.05, 4.69) is 46.7 Å². The third-order valence-electron chi connectivity index (χ3n) is 6.29. The van der Waals surface area contributed by atoms with Gasteiger partial charge in [-0.3, -0.25) is 4.90 Å². The smallest absolute Gasteiger partial charge is 0.319 e. The zero-order valence-electron chi connectivity index (χ0n) is 17.4. The summed E-state index contributed by atoms with van der Waals surface area (Å²) in [6.07, 6.45) is 5.79. The standard InChI is InChI=1S/C24H31N3O2/c1-17-6-8-18(9-7-17)16-27-21-4-3-5-22(27)15-20(14-21)26-24(28)25-19-10-12-23(29-2)13-11-19/h6-13,20-22H,3-5,14-16H2,1-2H3,(H2,25,26,28)/t20?,21-,22+. The van der Waals surface area contributed by atoms with Gasteiger partial charge < -0.3 is 15.4 Å². The van der Waals surface area contributed by atoms with Crippen LogP contribution in [0, 0.1) is 6.92 Å². The molecule has 2 heterocycles. The van der Waals surface area contributed by atoms with Gasteiger partial charge in [0.1, 0.15) is 5.75 Å². The second-order valence-corrected chi connectivity index (χ2v) is 8.39. The first kappa shape index (κ1) is 19.8. The highest BCUT2D eigenvalue weighted by Crippen LogP contribution is 2.35. The molecule has 0 saturated carbocycles. The third kappa shape index (κ3) is 4.91. The second-order valence-electron chi connectivity index (χ2n) is 8.39. The molecule has 2 aromatic rings. The SMILES string of the molecule is COc1ccc(NC(=O)NC2C[C@H]3CCC[C@@H](C2)N3Cc2ccc(C)cc2)cc1. The topological polar surface area (TPSA) is 53.6 Å². The molecule has 5 nitrogen and oxygen atoms in total. The van der Waals surface area contributed by atoms with Crippen molar-refractivity contribution in [1.82, 2.24) is 10.2 Å². The summed E-state index contributed by atoms with van der Waals surface area (Å²) in [5.41, 5.74) is 3.47. The van der Waals surface area contributed by atoms with Crippen LogP contribution in [-0.2, 0) is 6.54 Å². The molecule has 29 heavy (non-hydrogen) atoms. The van der Waals surface area contributed by atoms with Crippen molar-refractivity contribution in [3.63, 3.8) is 0 Å². The number of aryl methyl sites for hydroxylation is 1. The molecule has 3 atom stereocenters. The number of rotatable bonds is 5. The second kappa shape index (κ2) is 8.87. The zero-order chi connectivity index (χ0) is 20.2. The van der Waals surface area contributed by atoms with Gasteiger partial charge in [-0.25, -0.2) is 4.79 Å². The molecule has 0 spiro atoms. The Morgan fingerprint density at radius 1 is 1.03 bits per heavy atom. The predicted molar refractivity (Wildman–Crippen MR) is 116 cm³/mol. The Balaban J connectivity index is 1.34. The number of carbonyl (C=O) groups excluding carboxylic acids is 1. The summed E-state index contributed by atoms with van der Waals surface area (Å²) in [5.74, 6) is 0.782. The highest BCUT2D eigenvalue weighted by molar-refractivity contribution is 5.89. The maximum Gasteiger partial charge on any atom is 0.319 e. The summed E-state index contributed by atoms with van der Waals surface area (Å²) < 4.78 is 5.16. The number of urea groups is 1. The van der Waals surface area contributed by atoms with Crippen LogP contribution in [0.1, 0.15) is 43.2 Å². The lowest BCUT2D eigenvalue weighted by Gasteiger charge is -2.49. The van der Waals surface area contributed by atoms with Gasteiger partial charge in [0.05, 0.1) is 7.11 Å². The van der Waals surface area contributed by atoms with Crippen LogP contribution in [0.5, 0.6) is 5.75 Å². The molecule has 0 radical (unpaired) electrons. The molecule has 0 aromatic heterocycles. The van der Waals surface area contributed by atoms with Crippen LogP contribution < -0.4 is 15.4 Å². The molecule has 2 aromatic carbocycles. The minimum absolute atomic E-state index is 0.120. The molecule has 2 N–H and O–H groups in total. The van der Waals surface area contributed by atoms with Gasteiger partial charge in [-0.15, -0.1) is 0 Å². The fourth-order valence-corrected chi connectivity index (χ4v) is 4.79.